The fraction of sp³-hybridized carbons (Fsp3) is 0.444. The van der Waals surface area contributed by atoms with Gasteiger partial charge in [0, 0.05) is 23.0 Å². The van der Waals surface area contributed by atoms with Crippen LogP contribution < -0.4 is 0 Å². The Hall–Kier alpha value is -1.66. The van der Waals surface area contributed by atoms with E-state index >= 15 is 0 Å². The molecule has 1 aromatic heterocycles. The third-order valence-corrected chi connectivity index (χ3v) is 5.11. The highest BCUT2D eigenvalue weighted by Crippen LogP contribution is 2.29. The van der Waals surface area contributed by atoms with Crippen LogP contribution in [0.25, 0.3) is 11.3 Å². The summed E-state index contributed by atoms with van der Waals surface area (Å²) in [6.07, 6.45) is 4.98. The summed E-state index contributed by atoms with van der Waals surface area (Å²) in [6.45, 7) is 2.60. The van der Waals surface area contributed by atoms with Crippen molar-refractivity contribution in [1.82, 2.24) is 9.88 Å². The number of nitrogens with zero attached hydrogens (tertiary/aromatic N) is 2. The number of piperidine rings is 1. The Kier molecular flexibility index (Phi) is 5.68. The molecule has 3 rings (SSSR count). The number of aliphatic carboxylic acids is 1. The number of carboxylic acids is 1. The molecule has 1 aliphatic rings. The molecule has 0 radical (unpaired) electrons. The molecule has 24 heavy (non-hydrogen) atoms. The van der Waals surface area contributed by atoms with E-state index in [0.717, 1.165) is 48.1 Å². The van der Waals surface area contributed by atoms with Crippen LogP contribution in [0.2, 0.25) is 0 Å². The van der Waals surface area contributed by atoms with Crippen LogP contribution in [-0.4, -0.2) is 34.0 Å². The number of hydrogen-bond donors (Lipinski definition) is 1. The summed E-state index contributed by atoms with van der Waals surface area (Å²) in [7, 11) is 0. The Balaban J connectivity index is 1.60. The zero-order valence-corrected chi connectivity index (χ0v) is 15.0. The molecule has 0 spiro atoms. The third kappa shape index (κ3) is 4.45. The summed E-state index contributed by atoms with van der Waals surface area (Å²) >= 11 is 3.53. The molecule has 1 aliphatic heterocycles. The highest BCUT2D eigenvalue weighted by molar-refractivity contribution is 9.10. The molecule has 1 atom stereocenters. The van der Waals surface area contributed by atoms with E-state index in [-0.39, 0.29) is 6.42 Å². The average molecular weight is 393 g/mol. The van der Waals surface area contributed by atoms with Gasteiger partial charge in [0.2, 0.25) is 5.89 Å². The number of oxazole rings is 1. The Bertz CT molecular complexity index is 701. The monoisotopic (exact) mass is 392 g/mol. The molecule has 6 heteroatoms. The minimum absolute atomic E-state index is 0.254. The van der Waals surface area contributed by atoms with Crippen LogP contribution in [0.1, 0.15) is 31.6 Å². The van der Waals surface area contributed by atoms with Gasteiger partial charge in [0.15, 0.2) is 5.76 Å². The van der Waals surface area contributed by atoms with Gasteiger partial charge in [-0.2, -0.15) is 0 Å². The molecule has 0 amide bonds. The van der Waals surface area contributed by atoms with Crippen LogP contribution in [0.4, 0.5) is 0 Å². The summed E-state index contributed by atoms with van der Waals surface area (Å²) in [5, 5.41) is 8.84. The summed E-state index contributed by atoms with van der Waals surface area (Å²) in [5.41, 5.74) is 0.995. The maximum absolute atomic E-state index is 10.7. The smallest absolute Gasteiger partial charge is 0.303 e. The fourth-order valence-corrected chi connectivity index (χ4v) is 3.70. The van der Waals surface area contributed by atoms with Crippen molar-refractivity contribution in [2.24, 2.45) is 5.92 Å². The van der Waals surface area contributed by atoms with Crippen molar-refractivity contribution < 1.29 is 14.3 Å². The maximum Gasteiger partial charge on any atom is 0.303 e. The van der Waals surface area contributed by atoms with Gasteiger partial charge < -0.3 is 9.52 Å². The van der Waals surface area contributed by atoms with Gasteiger partial charge in [0.25, 0.3) is 0 Å². The van der Waals surface area contributed by atoms with E-state index < -0.39 is 5.97 Å². The van der Waals surface area contributed by atoms with Gasteiger partial charge in [0.1, 0.15) is 0 Å². The second-order valence-corrected chi connectivity index (χ2v) is 7.13. The molecule has 5 nitrogen and oxygen atoms in total. The Morgan fingerprint density at radius 1 is 1.42 bits per heavy atom. The van der Waals surface area contributed by atoms with Gasteiger partial charge in [-0.25, -0.2) is 4.98 Å². The van der Waals surface area contributed by atoms with Crippen molar-refractivity contribution in [3.05, 3.63) is 40.8 Å². The first-order chi connectivity index (χ1) is 11.6. The quantitative estimate of drug-likeness (QED) is 0.798. The van der Waals surface area contributed by atoms with E-state index in [4.69, 9.17) is 9.52 Å². The third-order valence-electron chi connectivity index (χ3n) is 4.42. The molecule has 0 saturated carbocycles. The zero-order valence-electron chi connectivity index (χ0n) is 13.4. The van der Waals surface area contributed by atoms with Crippen LogP contribution in [0.5, 0.6) is 0 Å². The number of benzene rings is 1. The van der Waals surface area contributed by atoms with Crippen molar-refractivity contribution in [3.8, 4) is 11.3 Å². The Morgan fingerprint density at radius 3 is 3.04 bits per heavy atom. The molecule has 2 aromatic rings. The maximum atomic E-state index is 10.7. The van der Waals surface area contributed by atoms with Crippen LogP contribution in [0, 0.1) is 5.92 Å². The van der Waals surface area contributed by atoms with E-state index in [1.165, 1.54) is 0 Å². The first kappa shape index (κ1) is 17.2. The van der Waals surface area contributed by atoms with Gasteiger partial charge in [-0.05, 0) is 37.8 Å². The lowest BCUT2D eigenvalue weighted by molar-refractivity contribution is -0.137. The lowest BCUT2D eigenvalue weighted by Gasteiger charge is -2.31. The minimum Gasteiger partial charge on any atom is -0.481 e. The van der Waals surface area contributed by atoms with Crippen LogP contribution in [0.15, 0.2) is 39.4 Å². The first-order valence-corrected chi connectivity index (χ1v) is 9.05. The van der Waals surface area contributed by atoms with Crippen molar-refractivity contribution >= 4 is 21.9 Å². The fourth-order valence-electron chi connectivity index (χ4n) is 3.22. The van der Waals surface area contributed by atoms with Crippen LogP contribution in [0.3, 0.4) is 0 Å². The Labute approximate surface area is 149 Å². The normalized spacial score (nSPS) is 18.6. The Morgan fingerprint density at radius 2 is 2.25 bits per heavy atom. The van der Waals surface area contributed by atoms with E-state index in [9.17, 15) is 4.79 Å². The SMILES string of the molecule is O=C(O)CCC1CCCN(Cc2ncc(-c3ccccc3Br)o2)C1. The number of aromatic nitrogens is 1. The number of likely N-dealkylation sites (tertiary alicyclic amines) is 1. The summed E-state index contributed by atoms with van der Waals surface area (Å²) in [4.78, 5) is 17.5. The van der Waals surface area contributed by atoms with E-state index in [2.05, 4.69) is 25.8 Å². The molecule has 1 saturated heterocycles. The average Bonchev–Trinajstić information content (AvgIpc) is 3.02. The van der Waals surface area contributed by atoms with Gasteiger partial charge in [-0.1, -0.05) is 34.1 Å². The topological polar surface area (TPSA) is 66.6 Å². The molecule has 0 bridgehead atoms. The molecular formula is C18H21BrN2O3. The molecular weight excluding hydrogens is 372 g/mol. The standard InChI is InChI=1S/C18H21BrN2O3/c19-15-6-2-1-5-14(15)16-10-20-17(24-16)12-21-9-3-4-13(11-21)7-8-18(22)23/h1-2,5-6,10,13H,3-4,7-9,11-12H2,(H,22,23). The summed E-state index contributed by atoms with van der Waals surface area (Å²) < 4.78 is 6.90. The lowest BCUT2D eigenvalue weighted by Crippen LogP contribution is -2.35. The second kappa shape index (κ2) is 7.94. The van der Waals surface area contributed by atoms with Crippen molar-refractivity contribution in [2.75, 3.05) is 13.1 Å². The van der Waals surface area contributed by atoms with E-state index in [1.54, 1.807) is 6.20 Å². The number of hydrogen-bond acceptors (Lipinski definition) is 4. The predicted molar refractivity (Wildman–Crippen MR) is 94.5 cm³/mol. The summed E-state index contributed by atoms with van der Waals surface area (Å²) in [5.74, 6) is 1.21. The number of carboxylic acid groups (broad SMARTS) is 1. The highest BCUT2D eigenvalue weighted by atomic mass is 79.9. The van der Waals surface area contributed by atoms with Crippen molar-refractivity contribution in [2.45, 2.75) is 32.2 Å². The van der Waals surface area contributed by atoms with Gasteiger partial charge >= 0.3 is 5.97 Å². The minimum atomic E-state index is -0.710. The van der Waals surface area contributed by atoms with Crippen molar-refractivity contribution in [1.29, 1.82) is 0 Å². The van der Waals surface area contributed by atoms with Gasteiger partial charge in [-0.15, -0.1) is 0 Å². The first-order valence-electron chi connectivity index (χ1n) is 8.25. The molecule has 1 aromatic carbocycles. The molecule has 0 aliphatic carbocycles. The van der Waals surface area contributed by atoms with Gasteiger partial charge in [0.05, 0.1) is 12.7 Å². The second-order valence-electron chi connectivity index (χ2n) is 6.27. The van der Waals surface area contributed by atoms with Crippen LogP contribution in [-0.2, 0) is 11.3 Å². The van der Waals surface area contributed by atoms with E-state index in [0.29, 0.717) is 18.4 Å². The summed E-state index contributed by atoms with van der Waals surface area (Å²) in [6, 6.07) is 7.92. The number of halogens is 1. The molecule has 2 heterocycles. The molecule has 1 unspecified atom stereocenters. The van der Waals surface area contributed by atoms with Gasteiger partial charge in [-0.3, -0.25) is 9.69 Å². The van der Waals surface area contributed by atoms with Crippen LogP contribution >= 0.6 is 15.9 Å². The van der Waals surface area contributed by atoms with E-state index in [1.807, 2.05) is 24.3 Å². The highest BCUT2D eigenvalue weighted by Gasteiger charge is 2.22. The molecule has 1 N–H and O–H groups in total. The lowest BCUT2D eigenvalue weighted by atomic mass is 9.93. The molecule has 128 valence electrons. The largest absolute Gasteiger partial charge is 0.481 e. The molecule has 1 fully saturated rings. The predicted octanol–water partition coefficient (Wildman–Crippen LogP) is 4.18. The van der Waals surface area contributed by atoms with Crippen molar-refractivity contribution in [3.63, 3.8) is 0 Å². The zero-order chi connectivity index (χ0) is 16.9. The number of rotatable bonds is 6. The number of carbonyl (C=O) groups is 1.